The van der Waals surface area contributed by atoms with E-state index >= 15 is 0 Å². The Morgan fingerprint density at radius 3 is 2.55 bits per heavy atom. The maximum absolute atomic E-state index is 13.1. The number of para-hydroxylation sites is 2. The molecule has 1 aliphatic heterocycles. The lowest BCUT2D eigenvalue weighted by Gasteiger charge is -2.20. The van der Waals surface area contributed by atoms with E-state index in [1.54, 1.807) is 19.1 Å². The number of nitrogens with zero attached hydrogens (tertiary/aromatic N) is 3. The first kappa shape index (κ1) is 21.1. The van der Waals surface area contributed by atoms with E-state index in [-0.39, 0.29) is 11.8 Å². The number of aromatic nitrogens is 2. The standard InChI is InChI=1S/C27H27N3O3/c1-32-21-12-13-25(33-2)24(17-21)30-18-20(16-26(30)31)27-28-22-10-6-7-11-23(22)29(27)15-14-19-8-4-3-5-9-19/h3-13,17,20H,14-16,18H2,1-2H3. The van der Waals surface area contributed by atoms with E-state index in [1.807, 2.05) is 42.5 Å². The second kappa shape index (κ2) is 8.98. The van der Waals surface area contributed by atoms with Gasteiger partial charge < -0.3 is 18.9 Å². The molecule has 0 radical (unpaired) electrons. The maximum atomic E-state index is 13.1. The molecular formula is C27H27N3O3. The summed E-state index contributed by atoms with van der Waals surface area (Å²) in [5.74, 6) is 2.37. The summed E-state index contributed by atoms with van der Waals surface area (Å²) in [4.78, 5) is 19.9. The zero-order valence-electron chi connectivity index (χ0n) is 18.9. The predicted octanol–water partition coefficient (Wildman–Crippen LogP) is 4.82. The van der Waals surface area contributed by atoms with Gasteiger partial charge in [-0.2, -0.15) is 0 Å². The van der Waals surface area contributed by atoms with Crippen LogP contribution in [-0.2, 0) is 17.8 Å². The molecule has 1 aliphatic rings. The number of hydrogen-bond donors (Lipinski definition) is 0. The zero-order chi connectivity index (χ0) is 22.8. The maximum Gasteiger partial charge on any atom is 0.227 e. The van der Waals surface area contributed by atoms with Gasteiger partial charge in [0, 0.05) is 31.5 Å². The highest BCUT2D eigenvalue weighted by molar-refractivity contribution is 5.98. The summed E-state index contributed by atoms with van der Waals surface area (Å²) in [6.45, 7) is 1.37. The topological polar surface area (TPSA) is 56.6 Å². The Hall–Kier alpha value is -3.80. The number of ether oxygens (including phenoxy) is 2. The molecule has 0 aliphatic carbocycles. The van der Waals surface area contributed by atoms with Gasteiger partial charge in [-0.25, -0.2) is 4.98 Å². The van der Waals surface area contributed by atoms with Crippen LogP contribution in [0.25, 0.3) is 11.0 Å². The minimum Gasteiger partial charge on any atom is -0.497 e. The van der Waals surface area contributed by atoms with Crippen molar-refractivity contribution in [2.75, 3.05) is 25.7 Å². The van der Waals surface area contributed by atoms with Crippen LogP contribution in [0.5, 0.6) is 11.5 Å². The summed E-state index contributed by atoms with van der Waals surface area (Å²) in [5, 5.41) is 0. The fourth-order valence-corrected chi connectivity index (χ4v) is 4.65. The Morgan fingerprint density at radius 1 is 0.970 bits per heavy atom. The van der Waals surface area contributed by atoms with Crippen LogP contribution in [0.15, 0.2) is 72.8 Å². The molecule has 1 saturated heterocycles. The number of imidazole rings is 1. The number of hydrogen-bond acceptors (Lipinski definition) is 4. The minimum absolute atomic E-state index is 0.00317. The smallest absolute Gasteiger partial charge is 0.227 e. The van der Waals surface area contributed by atoms with Crippen LogP contribution >= 0.6 is 0 Å². The van der Waals surface area contributed by atoms with Crippen molar-refractivity contribution in [2.45, 2.75) is 25.3 Å². The lowest BCUT2D eigenvalue weighted by Crippen LogP contribution is -2.25. The number of fused-ring (bicyclic) bond motifs is 1. The van der Waals surface area contributed by atoms with Crippen molar-refractivity contribution < 1.29 is 14.3 Å². The first-order valence-corrected chi connectivity index (χ1v) is 11.2. The number of benzene rings is 3. The Bertz CT molecular complexity index is 1280. The average Bonchev–Trinajstić information content (AvgIpc) is 3.43. The molecule has 1 atom stereocenters. The molecule has 2 heterocycles. The SMILES string of the molecule is COc1ccc(OC)c(N2CC(c3nc4ccccc4n3CCc3ccccc3)CC2=O)c1. The van der Waals surface area contributed by atoms with Gasteiger partial charge in [0.15, 0.2) is 0 Å². The van der Waals surface area contributed by atoms with E-state index in [4.69, 9.17) is 14.5 Å². The molecule has 0 spiro atoms. The highest BCUT2D eigenvalue weighted by Gasteiger charge is 2.36. The Balaban J connectivity index is 1.48. The van der Waals surface area contributed by atoms with Crippen LogP contribution < -0.4 is 14.4 Å². The number of amides is 1. The molecule has 3 aromatic carbocycles. The number of anilines is 1. The summed E-state index contributed by atoms with van der Waals surface area (Å²) in [5.41, 5.74) is 4.08. The summed E-state index contributed by atoms with van der Waals surface area (Å²) in [6, 6.07) is 24.2. The fourth-order valence-electron chi connectivity index (χ4n) is 4.65. The second-order valence-corrected chi connectivity index (χ2v) is 8.29. The molecule has 5 rings (SSSR count). The Kier molecular flexibility index (Phi) is 5.73. The number of rotatable bonds is 7. The highest BCUT2D eigenvalue weighted by atomic mass is 16.5. The van der Waals surface area contributed by atoms with Gasteiger partial charge in [0.25, 0.3) is 0 Å². The normalized spacial score (nSPS) is 15.9. The van der Waals surface area contributed by atoms with Gasteiger partial charge in [-0.05, 0) is 36.2 Å². The van der Waals surface area contributed by atoms with E-state index in [1.165, 1.54) is 5.56 Å². The van der Waals surface area contributed by atoms with Gasteiger partial charge in [0.1, 0.15) is 17.3 Å². The second-order valence-electron chi connectivity index (χ2n) is 8.29. The molecule has 1 fully saturated rings. The van der Waals surface area contributed by atoms with Crippen molar-refractivity contribution in [3.8, 4) is 11.5 Å². The number of methoxy groups -OCH3 is 2. The molecule has 4 aromatic rings. The monoisotopic (exact) mass is 441 g/mol. The lowest BCUT2D eigenvalue weighted by atomic mass is 10.1. The molecule has 1 unspecified atom stereocenters. The third kappa shape index (κ3) is 4.04. The summed E-state index contributed by atoms with van der Waals surface area (Å²) >= 11 is 0. The first-order chi connectivity index (χ1) is 16.2. The molecule has 6 nitrogen and oxygen atoms in total. The first-order valence-electron chi connectivity index (χ1n) is 11.2. The van der Waals surface area contributed by atoms with Crippen LogP contribution in [0.4, 0.5) is 5.69 Å². The number of aryl methyl sites for hydroxylation is 2. The number of carbonyl (C=O) groups is 1. The summed E-state index contributed by atoms with van der Waals surface area (Å²) in [7, 11) is 3.24. The highest BCUT2D eigenvalue weighted by Crippen LogP contribution is 2.39. The molecule has 6 heteroatoms. The van der Waals surface area contributed by atoms with Gasteiger partial charge in [0.2, 0.25) is 5.91 Å². The van der Waals surface area contributed by atoms with Gasteiger partial charge in [-0.3, -0.25) is 4.79 Å². The fraction of sp³-hybridized carbons (Fsp3) is 0.259. The summed E-state index contributed by atoms with van der Waals surface area (Å²) < 4.78 is 13.2. The third-order valence-corrected chi connectivity index (χ3v) is 6.32. The minimum atomic E-state index is -0.00317. The van der Waals surface area contributed by atoms with Crippen molar-refractivity contribution in [1.82, 2.24) is 9.55 Å². The average molecular weight is 442 g/mol. The van der Waals surface area contributed by atoms with E-state index < -0.39 is 0 Å². The van der Waals surface area contributed by atoms with Crippen molar-refractivity contribution in [3.63, 3.8) is 0 Å². The van der Waals surface area contributed by atoms with E-state index in [0.29, 0.717) is 24.5 Å². The van der Waals surface area contributed by atoms with Gasteiger partial charge >= 0.3 is 0 Å². The molecule has 168 valence electrons. The molecule has 0 bridgehead atoms. The lowest BCUT2D eigenvalue weighted by molar-refractivity contribution is -0.117. The van der Waals surface area contributed by atoms with Gasteiger partial charge in [-0.1, -0.05) is 42.5 Å². The molecule has 33 heavy (non-hydrogen) atoms. The van der Waals surface area contributed by atoms with Gasteiger partial charge in [-0.15, -0.1) is 0 Å². The van der Waals surface area contributed by atoms with Crippen LogP contribution in [0.1, 0.15) is 23.7 Å². The predicted molar refractivity (Wildman–Crippen MR) is 129 cm³/mol. The van der Waals surface area contributed by atoms with Crippen LogP contribution in [-0.4, -0.2) is 36.2 Å². The largest absolute Gasteiger partial charge is 0.497 e. The van der Waals surface area contributed by atoms with Crippen LogP contribution in [0.3, 0.4) is 0 Å². The van der Waals surface area contributed by atoms with Crippen molar-refractivity contribution >= 4 is 22.6 Å². The molecule has 1 amide bonds. The van der Waals surface area contributed by atoms with E-state index in [9.17, 15) is 4.79 Å². The Morgan fingerprint density at radius 2 is 1.76 bits per heavy atom. The van der Waals surface area contributed by atoms with Crippen molar-refractivity contribution in [2.24, 2.45) is 0 Å². The van der Waals surface area contributed by atoms with Crippen molar-refractivity contribution in [1.29, 1.82) is 0 Å². The zero-order valence-corrected chi connectivity index (χ0v) is 18.9. The number of carbonyl (C=O) groups excluding carboxylic acids is 1. The molecular weight excluding hydrogens is 414 g/mol. The van der Waals surface area contributed by atoms with Gasteiger partial charge in [0.05, 0.1) is 30.9 Å². The van der Waals surface area contributed by atoms with E-state index in [0.717, 1.165) is 35.5 Å². The van der Waals surface area contributed by atoms with E-state index in [2.05, 4.69) is 34.9 Å². The molecule has 0 saturated carbocycles. The van der Waals surface area contributed by atoms with Crippen LogP contribution in [0, 0.1) is 0 Å². The van der Waals surface area contributed by atoms with Crippen LogP contribution in [0.2, 0.25) is 0 Å². The third-order valence-electron chi connectivity index (χ3n) is 6.32. The Labute approximate surface area is 193 Å². The summed E-state index contributed by atoms with van der Waals surface area (Å²) in [6.07, 6.45) is 1.32. The molecule has 0 N–H and O–H groups in total. The quantitative estimate of drug-likeness (QED) is 0.413. The molecule has 1 aromatic heterocycles. The van der Waals surface area contributed by atoms with Crippen molar-refractivity contribution in [3.05, 3.63) is 84.2 Å².